The second kappa shape index (κ2) is 9.22. The second-order valence-electron chi connectivity index (χ2n) is 6.27. The largest absolute Gasteiger partial charge is 0.423 e. The predicted octanol–water partition coefficient (Wildman–Crippen LogP) is 2.76. The van der Waals surface area contributed by atoms with Crippen LogP contribution in [0.4, 0.5) is 10.7 Å². The van der Waals surface area contributed by atoms with Gasteiger partial charge in [0.2, 0.25) is 5.95 Å². The van der Waals surface area contributed by atoms with Crippen molar-refractivity contribution >= 4 is 28.3 Å². The van der Waals surface area contributed by atoms with E-state index in [1.54, 1.807) is 55.0 Å². The summed E-state index contributed by atoms with van der Waals surface area (Å²) in [7, 11) is -4.63. The zero-order valence-corrected chi connectivity index (χ0v) is 17.3. The van der Waals surface area contributed by atoms with Crippen molar-refractivity contribution in [3.05, 3.63) is 77.6 Å². The summed E-state index contributed by atoms with van der Waals surface area (Å²) in [5.41, 5.74) is 1.04. The van der Waals surface area contributed by atoms with Gasteiger partial charge in [0.25, 0.3) is 0 Å². The molecule has 31 heavy (non-hydrogen) atoms. The van der Waals surface area contributed by atoms with Gasteiger partial charge >= 0.3 is 22.3 Å². The third-order valence-electron chi connectivity index (χ3n) is 3.69. The summed E-state index contributed by atoms with van der Waals surface area (Å²) in [6.07, 6.45) is 0. The second-order valence-corrected chi connectivity index (χ2v) is 7.55. The molecule has 0 unspecified atom stereocenters. The molecule has 0 aliphatic rings. The molecule has 3 aromatic rings. The summed E-state index contributed by atoms with van der Waals surface area (Å²) in [6, 6.07) is 14.4. The van der Waals surface area contributed by atoms with Gasteiger partial charge in [0.15, 0.2) is 5.75 Å². The Bertz CT molecular complexity index is 1200. The zero-order valence-electron chi connectivity index (χ0n) is 16.5. The number of nitrogens with one attached hydrogen (secondary N) is 2. The van der Waals surface area contributed by atoms with Crippen molar-refractivity contribution in [3.8, 4) is 11.5 Å². The molecule has 160 valence electrons. The Morgan fingerprint density at radius 3 is 2.19 bits per heavy atom. The number of esters is 1. The number of hydrogen-bond acceptors (Lipinski definition) is 8. The normalized spacial score (nSPS) is 10.8. The molecule has 0 aliphatic heterocycles. The van der Waals surface area contributed by atoms with Crippen molar-refractivity contribution < 1.29 is 26.9 Å². The Morgan fingerprint density at radius 2 is 1.52 bits per heavy atom. The van der Waals surface area contributed by atoms with E-state index in [9.17, 15) is 18.0 Å². The average Bonchev–Trinajstić information content (AvgIpc) is 2.67. The molecule has 0 radical (unpaired) electrons. The van der Waals surface area contributed by atoms with E-state index in [-0.39, 0.29) is 23.0 Å². The van der Waals surface area contributed by atoms with Crippen LogP contribution in [0, 0.1) is 13.8 Å². The number of carbonyl (C=O) groups is 2. The molecule has 1 heterocycles. The van der Waals surface area contributed by atoms with Gasteiger partial charge in [-0.15, -0.1) is 0 Å². The van der Waals surface area contributed by atoms with Crippen LogP contribution in [-0.4, -0.2) is 30.4 Å². The Labute approximate surface area is 178 Å². The van der Waals surface area contributed by atoms with Crippen LogP contribution < -0.4 is 19.0 Å². The topological polar surface area (TPSA) is 137 Å². The summed E-state index contributed by atoms with van der Waals surface area (Å²) in [4.78, 5) is 32.5. The first kappa shape index (κ1) is 21.7. The Hall–Kier alpha value is -3.99. The summed E-state index contributed by atoms with van der Waals surface area (Å²) in [5.74, 6) is -0.940. The molecule has 2 amide bonds. The number of amides is 2. The number of rotatable bonds is 6. The zero-order chi connectivity index (χ0) is 22.4. The van der Waals surface area contributed by atoms with Crippen molar-refractivity contribution in [2.24, 2.45) is 0 Å². The van der Waals surface area contributed by atoms with Crippen LogP contribution in [0.2, 0.25) is 0 Å². The molecule has 0 saturated carbocycles. The number of hydrogen-bond donors (Lipinski definition) is 2. The van der Waals surface area contributed by atoms with E-state index < -0.39 is 22.3 Å². The molecule has 0 atom stereocenters. The van der Waals surface area contributed by atoms with E-state index in [4.69, 9.17) is 8.92 Å². The molecular formula is C20H18N4O6S. The molecule has 0 spiro atoms. The van der Waals surface area contributed by atoms with Gasteiger partial charge in [-0.3, -0.25) is 5.32 Å². The van der Waals surface area contributed by atoms with E-state index in [2.05, 4.69) is 15.3 Å². The molecule has 0 bridgehead atoms. The SMILES string of the molecule is Cc1cc(C)nc(NC(=O)NS(=O)(=O)Oc2ccccc2C(=O)Oc2ccccc2)n1. The van der Waals surface area contributed by atoms with Gasteiger partial charge in [-0.2, -0.15) is 8.42 Å². The molecule has 0 fully saturated rings. The van der Waals surface area contributed by atoms with Crippen LogP contribution in [0.25, 0.3) is 0 Å². The van der Waals surface area contributed by atoms with Gasteiger partial charge in [-0.1, -0.05) is 30.3 Å². The molecule has 0 aliphatic carbocycles. The predicted molar refractivity (Wildman–Crippen MR) is 111 cm³/mol. The summed E-state index contributed by atoms with van der Waals surface area (Å²) >= 11 is 0. The minimum atomic E-state index is -4.63. The van der Waals surface area contributed by atoms with Gasteiger partial charge in [0.1, 0.15) is 11.3 Å². The lowest BCUT2D eigenvalue weighted by molar-refractivity contribution is 0.0733. The third-order valence-corrected chi connectivity index (χ3v) is 4.52. The fraction of sp³-hybridized carbons (Fsp3) is 0.100. The lowest BCUT2D eigenvalue weighted by atomic mass is 10.2. The van der Waals surface area contributed by atoms with Crippen LogP contribution in [0.15, 0.2) is 60.7 Å². The molecule has 10 nitrogen and oxygen atoms in total. The van der Waals surface area contributed by atoms with Crippen molar-refractivity contribution in [2.75, 3.05) is 5.32 Å². The first-order valence-corrected chi connectivity index (χ1v) is 10.3. The van der Waals surface area contributed by atoms with Crippen LogP contribution in [0.1, 0.15) is 21.7 Å². The number of nitrogens with zero attached hydrogens (tertiary/aromatic N) is 2. The fourth-order valence-corrected chi connectivity index (χ4v) is 3.22. The maximum Gasteiger partial charge on any atom is 0.411 e. The molecule has 0 saturated heterocycles. The number of urea groups is 1. The number of benzene rings is 2. The van der Waals surface area contributed by atoms with Gasteiger partial charge in [-0.05, 0) is 44.2 Å². The highest BCUT2D eigenvalue weighted by Crippen LogP contribution is 2.22. The summed E-state index contributed by atoms with van der Waals surface area (Å²) < 4.78 is 36.4. The number of carbonyl (C=O) groups excluding carboxylic acids is 2. The third kappa shape index (κ3) is 6.24. The first-order valence-electron chi connectivity index (χ1n) is 8.93. The molecular weight excluding hydrogens is 424 g/mol. The first-order chi connectivity index (χ1) is 14.7. The van der Waals surface area contributed by atoms with Crippen LogP contribution in [-0.2, 0) is 10.3 Å². The van der Waals surface area contributed by atoms with Crippen molar-refractivity contribution in [2.45, 2.75) is 13.8 Å². The van der Waals surface area contributed by atoms with E-state index in [1.165, 1.54) is 24.3 Å². The highest BCUT2D eigenvalue weighted by molar-refractivity contribution is 7.85. The Balaban J connectivity index is 1.71. The van der Waals surface area contributed by atoms with Crippen LogP contribution in [0.5, 0.6) is 11.5 Å². The van der Waals surface area contributed by atoms with Gasteiger partial charge in [0.05, 0.1) is 0 Å². The molecule has 1 aromatic heterocycles. The molecule has 11 heteroatoms. The number of ether oxygens (including phenoxy) is 1. The minimum absolute atomic E-state index is 0.0722. The highest BCUT2D eigenvalue weighted by atomic mass is 32.2. The quantitative estimate of drug-likeness (QED) is 0.439. The number of aromatic nitrogens is 2. The summed E-state index contributed by atoms with van der Waals surface area (Å²) in [5, 5.41) is 2.21. The van der Waals surface area contributed by atoms with Crippen molar-refractivity contribution in [3.63, 3.8) is 0 Å². The number of anilines is 1. The number of aryl methyl sites for hydroxylation is 2. The highest BCUT2D eigenvalue weighted by Gasteiger charge is 2.22. The van der Waals surface area contributed by atoms with Crippen molar-refractivity contribution in [1.29, 1.82) is 0 Å². The Kier molecular flexibility index (Phi) is 6.46. The van der Waals surface area contributed by atoms with E-state index in [1.807, 2.05) is 0 Å². The molecule has 3 rings (SSSR count). The molecule has 2 N–H and O–H groups in total. The van der Waals surface area contributed by atoms with E-state index in [0.29, 0.717) is 11.4 Å². The summed E-state index contributed by atoms with van der Waals surface area (Å²) in [6.45, 7) is 3.39. The van der Waals surface area contributed by atoms with Crippen LogP contribution >= 0.6 is 0 Å². The van der Waals surface area contributed by atoms with Gasteiger partial charge in [0, 0.05) is 11.4 Å². The van der Waals surface area contributed by atoms with Crippen molar-refractivity contribution in [1.82, 2.24) is 14.7 Å². The lowest BCUT2D eigenvalue weighted by Crippen LogP contribution is -2.37. The monoisotopic (exact) mass is 442 g/mol. The standard InChI is InChI=1S/C20H18N4O6S/c1-13-12-14(2)22-19(21-13)23-20(26)24-31(27,28)30-17-11-7-6-10-16(17)18(25)29-15-8-4-3-5-9-15/h3-12H,1-2H3,(H2,21,22,23,24,26). The lowest BCUT2D eigenvalue weighted by Gasteiger charge is -2.12. The van der Waals surface area contributed by atoms with Crippen LogP contribution in [0.3, 0.4) is 0 Å². The molecule has 2 aromatic carbocycles. The van der Waals surface area contributed by atoms with E-state index >= 15 is 0 Å². The Morgan fingerprint density at radius 1 is 0.903 bits per heavy atom. The van der Waals surface area contributed by atoms with Gasteiger partial charge in [-0.25, -0.2) is 24.3 Å². The van der Waals surface area contributed by atoms with Gasteiger partial charge < -0.3 is 8.92 Å². The average molecular weight is 442 g/mol. The maximum atomic E-state index is 12.4. The number of para-hydroxylation sites is 2. The fourth-order valence-electron chi connectivity index (χ4n) is 2.52. The minimum Gasteiger partial charge on any atom is -0.423 e. The smallest absolute Gasteiger partial charge is 0.411 e. The maximum absolute atomic E-state index is 12.4. The van der Waals surface area contributed by atoms with E-state index in [0.717, 1.165) is 0 Å².